The Morgan fingerprint density at radius 1 is 1.29 bits per heavy atom. The van der Waals surface area contributed by atoms with Crippen LogP contribution in [-0.4, -0.2) is 63.7 Å². The molecule has 1 aliphatic carbocycles. The first kappa shape index (κ1) is 29.1. The van der Waals surface area contributed by atoms with E-state index in [1.807, 2.05) is 6.08 Å². The molecular formula is C21H30F3N3O7. The molecule has 0 aliphatic heterocycles. The van der Waals surface area contributed by atoms with Crippen LogP contribution in [0.1, 0.15) is 57.9 Å². The van der Waals surface area contributed by atoms with E-state index in [1.54, 1.807) is 6.07 Å². The molecule has 0 bridgehead atoms. The van der Waals surface area contributed by atoms with Crippen LogP contribution in [0.4, 0.5) is 13.2 Å². The van der Waals surface area contributed by atoms with Crippen molar-refractivity contribution in [2.24, 2.45) is 5.73 Å². The van der Waals surface area contributed by atoms with E-state index in [9.17, 15) is 22.8 Å². The predicted molar refractivity (Wildman–Crippen MR) is 114 cm³/mol. The van der Waals surface area contributed by atoms with Gasteiger partial charge < -0.3 is 30.5 Å². The zero-order chi connectivity index (χ0) is 26.1. The fraction of sp³-hybridized carbons (Fsp3) is 0.619. The lowest BCUT2D eigenvalue weighted by Crippen LogP contribution is -2.56. The third-order valence-electron chi connectivity index (χ3n) is 4.98. The summed E-state index contributed by atoms with van der Waals surface area (Å²) in [5, 5.41) is 22.9. The number of aryl methyl sites for hydroxylation is 1. The Hall–Kier alpha value is -2.93. The van der Waals surface area contributed by atoms with Crippen molar-refractivity contribution in [3.63, 3.8) is 0 Å². The first-order chi connectivity index (χ1) is 15.8. The maximum absolute atomic E-state index is 11.6. The van der Waals surface area contributed by atoms with Gasteiger partial charge in [0.25, 0.3) is 0 Å². The SMILES string of the molecule is CCC(CC)O[C@@H]1C=C(c2cc(CCC(=O)O)on2)C[C@H](N)[C@H]1NC(C)=O.O=C(O)C(F)(F)F. The lowest BCUT2D eigenvalue weighted by Gasteiger charge is -2.36. The molecule has 1 aliphatic rings. The Balaban J connectivity index is 0.000000718. The van der Waals surface area contributed by atoms with Crippen molar-refractivity contribution in [1.29, 1.82) is 0 Å². The summed E-state index contributed by atoms with van der Waals surface area (Å²) in [5.41, 5.74) is 7.85. The van der Waals surface area contributed by atoms with E-state index in [0.717, 1.165) is 18.4 Å². The van der Waals surface area contributed by atoms with Crippen molar-refractivity contribution in [2.45, 2.75) is 83.3 Å². The lowest BCUT2D eigenvalue weighted by molar-refractivity contribution is -0.192. The molecule has 34 heavy (non-hydrogen) atoms. The number of carboxylic acid groups (broad SMARTS) is 2. The Bertz CT molecular complexity index is 866. The topological polar surface area (TPSA) is 165 Å². The number of nitrogens with two attached hydrogens (primary N) is 1. The van der Waals surface area contributed by atoms with Gasteiger partial charge in [0, 0.05) is 25.5 Å². The summed E-state index contributed by atoms with van der Waals surface area (Å²) >= 11 is 0. The molecule has 13 heteroatoms. The largest absolute Gasteiger partial charge is 0.490 e. The van der Waals surface area contributed by atoms with Crippen LogP contribution < -0.4 is 11.1 Å². The molecule has 1 aromatic rings. The van der Waals surface area contributed by atoms with Crippen molar-refractivity contribution in [3.05, 3.63) is 23.6 Å². The fourth-order valence-electron chi connectivity index (χ4n) is 3.25. The molecule has 0 spiro atoms. The van der Waals surface area contributed by atoms with Crippen LogP contribution in [0.2, 0.25) is 0 Å². The normalized spacial score (nSPS) is 20.2. The van der Waals surface area contributed by atoms with Crippen LogP contribution in [0, 0.1) is 0 Å². The molecule has 1 amide bonds. The van der Waals surface area contributed by atoms with Crippen LogP contribution in [0.15, 0.2) is 16.7 Å². The predicted octanol–water partition coefficient (Wildman–Crippen LogP) is 2.52. The first-order valence-corrected chi connectivity index (χ1v) is 10.6. The molecule has 192 valence electrons. The van der Waals surface area contributed by atoms with Crippen LogP contribution in [0.3, 0.4) is 0 Å². The number of aromatic nitrogens is 1. The van der Waals surface area contributed by atoms with Crippen LogP contribution in [0.5, 0.6) is 0 Å². The minimum atomic E-state index is -5.08. The quantitative estimate of drug-likeness (QED) is 0.404. The van der Waals surface area contributed by atoms with Gasteiger partial charge in [-0.1, -0.05) is 19.0 Å². The van der Waals surface area contributed by atoms with Crippen molar-refractivity contribution in [1.82, 2.24) is 10.5 Å². The number of hydrogen-bond acceptors (Lipinski definition) is 7. The molecule has 2 rings (SSSR count). The number of alkyl halides is 3. The summed E-state index contributed by atoms with van der Waals surface area (Å²) in [6, 6.07) is 1.10. The van der Waals surface area contributed by atoms with Crippen LogP contribution in [0.25, 0.3) is 5.57 Å². The van der Waals surface area contributed by atoms with Crippen LogP contribution in [-0.2, 0) is 25.5 Å². The van der Waals surface area contributed by atoms with Gasteiger partial charge in [-0.25, -0.2) is 4.79 Å². The average molecular weight is 493 g/mol. The van der Waals surface area contributed by atoms with E-state index in [0.29, 0.717) is 17.9 Å². The van der Waals surface area contributed by atoms with Gasteiger partial charge in [-0.3, -0.25) is 9.59 Å². The van der Waals surface area contributed by atoms with Gasteiger partial charge in [-0.05, 0) is 30.9 Å². The molecule has 1 aromatic heterocycles. The molecule has 0 aromatic carbocycles. The number of carboxylic acids is 2. The average Bonchev–Trinajstić information content (AvgIpc) is 3.21. The summed E-state index contributed by atoms with van der Waals surface area (Å²) < 4.78 is 43.2. The maximum atomic E-state index is 11.6. The highest BCUT2D eigenvalue weighted by Crippen LogP contribution is 2.29. The number of ether oxygens (including phenoxy) is 1. The number of nitrogens with one attached hydrogen (secondary N) is 1. The third-order valence-corrected chi connectivity index (χ3v) is 4.98. The zero-order valence-corrected chi connectivity index (χ0v) is 19.1. The number of carbonyl (C=O) groups is 3. The van der Waals surface area contributed by atoms with Gasteiger partial charge in [-0.2, -0.15) is 13.2 Å². The highest BCUT2D eigenvalue weighted by molar-refractivity contribution is 5.74. The minimum Gasteiger partial charge on any atom is -0.481 e. The number of carbonyl (C=O) groups excluding carboxylic acids is 1. The Kier molecular flexibility index (Phi) is 11.2. The van der Waals surface area contributed by atoms with Gasteiger partial charge in [-0.15, -0.1) is 0 Å². The Morgan fingerprint density at radius 3 is 2.35 bits per heavy atom. The summed E-state index contributed by atoms with van der Waals surface area (Å²) in [6.07, 6.45) is -0.931. The standard InChI is InChI=1S/C19H29N3O5.C2HF3O2/c1-4-13(5-2)26-17-9-12(8-15(20)19(17)21-11(3)23)16-10-14(27-22-16)6-7-18(24)25;3-2(4,5)1(6)7/h9-10,13,15,17,19H,4-8,20H2,1-3H3,(H,21,23)(H,24,25);(H,6,7)/t15-,17+,19+;/m0./s1. The molecule has 3 atom stereocenters. The second kappa shape index (κ2) is 13.1. The molecule has 0 saturated carbocycles. The maximum Gasteiger partial charge on any atom is 0.490 e. The van der Waals surface area contributed by atoms with Gasteiger partial charge >= 0.3 is 18.1 Å². The van der Waals surface area contributed by atoms with Gasteiger partial charge in [0.1, 0.15) is 11.5 Å². The zero-order valence-electron chi connectivity index (χ0n) is 19.1. The van der Waals surface area contributed by atoms with E-state index in [-0.39, 0.29) is 43.0 Å². The van der Waals surface area contributed by atoms with Gasteiger partial charge in [0.2, 0.25) is 5.91 Å². The van der Waals surface area contributed by atoms with E-state index in [4.69, 9.17) is 30.0 Å². The van der Waals surface area contributed by atoms with E-state index < -0.39 is 18.1 Å². The molecule has 5 N–H and O–H groups in total. The van der Waals surface area contributed by atoms with E-state index >= 15 is 0 Å². The number of aliphatic carboxylic acids is 2. The second-order valence-corrected chi connectivity index (χ2v) is 7.70. The molecule has 1 heterocycles. The van der Waals surface area contributed by atoms with Crippen molar-refractivity contribution >= 4 is 23.4 Å². The highest BCUT2D eigenvalue weighted by Gasteiger charge is 2.38. The highest BCUT2D eigenvalue weighted by atomic mass is 19.4. The van der Waals surface area contributed by atoms with Gasteiger partial charge in [0.05, 0.1) is 24.7 Å². The molecular weight excluding hydrogens is 463 g/mol. The second-order valence-electron chi connectivity index (χ2n) is 7.70. The minimum absolute atomic E-state index is 0.0157. The first-order valence-electron chi connectivity index (χ1n) is 10.6. The molecule has 0 radical (unpaired) electrons. The van der Waals surface area contributed by atoms with Crippen molar-refractivity contribution in [3.8, 4) is 0 Å². The molecule has 0 fully saturated rings. The van der Waals surface area contributed by atoms with Crippen molar-refractivity contribution < 1.29 is 47.0 Å². The fourth-order valence-corrected chi connectivity index (χ4v) is 3.25. The number of halogens is 3. The number of rotatable bonds is 9. The summed E-state index contributed by atoms with van der Waals surface area (Å²) in [5.74, 6) is -3.28. The third kappa shape index (κ3) is 9.51. The summed E-state index contributed by atoms with van der Waals surface area (Å²) in [6.45, 7) is 5.58. The smallest absolute Gasteiger partial charge is 0.481 e. The monoisotopic (exact) mass is 493 g/mol. The van der Waals surface area contributed by atoms with Gasteiger partial charge in [0.15, 0.2) is 0 Å². The Morgan fingerprint density at radius 2 is 1.88 bits per heavy atom. The molecule has 10 nitrogen and oxygen atoms in total. The van der Waals surface area contributed by atoms with Crippen molar-refractivity contribution in [2.75, 3.05) is 0 Å². The number of hydrogen-bond donors (Lipinski definition) is 4. The van der Waals surface area contributed by atoms with Crippen LogP contribution >= 0.6 is 0 Å². The summed E-state index contributed by atoms with van der Waals surface area (Å²) in [7, 11) is 0. The lowest BCUT2D eigenvalue weighted by atomic mass is 9.86. The molecule has 0 saturated heterocycles. The summed E-state index contributed by atoms with van der Waals surface area (Å²) in [4.78, 5) is 31.2. The molecule has 0 unspecified atom stereocenters. The van der Waals surface area contributed by atoms with E-state index in [1.165, 1.54) is 6.92 Å². The van der Waals surface area contributed by atoms with E-state index in [2.05, 4.69) is 24.3 Å². The number of nitrogens with zero attached hydrogens (tertiary/aromatic N) is 1. The Labute approximate surface area is 194 Å². The number of amides is 1.